The maximum absolute atomic E-state index is 11.7. The fraction of sp³-hybridized carbons (Fsp3) is 0.520. The predicted molar refractivity (Wildman–Crippen MR) is 246 cm³/mol. The van der Waals surface area contributed by atoms with E-state index in [1.165, 1.54) is 66.3 Å². The molecule has 0 amide bonds. The first-order valence-corrected chi connectivity index (χ1v) is 24.8. The van der Waals surface area contributed by atoms with Gasteiger partial charge in [-0.15, -0.1) is 40.5 Å². The van der Waals surface area contributed by atoms with Crippen molar-refractivity contribution >= 4 is 61.3 Å². The number of ketones is 1. The van der Waals surface area contributed by atoms with Gasteiger partial charge >= 0.3 is 0 Å². The van der Waals surface area contributed by atoms with Gasteiger partial charge in [0.2, 0.25) is 0 Å². The molecule has 2 heterocycles. The Morgan fingerprint density at radius 2 is 1.32 bits per heavy atom. The van der Waals surface area contributed by atoms with Crippen molar-refractivity contribution in [2.75, 3.05) is 0 Å². The van der Waals surface area contributed by atoms with Crippen molar-refractivity contribution in [3.8, 4) is 11.3 Å². The van der Waals surface area contributed by atoms with Crippen molar-refractivity contribution in [1.29, 1.82) is 0 Å². The topological polar surface area (TPSA) is 50.2 Å². The Kier molecular flexibility index (Phi) is 18.2. The molecule has 0 aliphatic heterocycles. The second-order valence-electron chi connectivity index (χ2n) is 17.7. The van der Waals surface area contributed by atoms with Crippen LogP contribution in [0, 0.1) is 42.6 Å². The van der Waals surface area contributed by atoms with Gasteiger partial charge in [0, 0.05) is 64.7 Å². The fourth-order valence-corrected chi connectivity index (χ4v) is 17.8. The van der Waals surface area contributed by atoms with Crippen LogP contribution in [0.1, 0.15) is 126 Å². The molecule has 0 saturated carbocycles. The molecular formula is C50H70IrNO2SSi-. The molecule has 0 aliphatic carbocycles. The zero-order valence-electron chi connectivity index (χ0n) is 36.7. The monoisotopic (exact) mass is 969 g/mol. The molecule has 6 heteroatoms. The average Bonchev–Trinajstić information content (AvgIpc) is 3.51. The number of aliphatic hydroxyl groups is 1. The van der Waals surface area contributed by atoms with E-state index in [4.69, 9.17) is 4.98 Å². The van der Waals surface area contributed by atoms with Crippen LogP contribution in [0.15, 0.2) is 66.6 Å². The van der Waals surface area contributed by atoms with Gasteiger partial charge in [-0.2, -0.15) is 0 Å². The van der Waals surface area contributed by atoms with Crippen LogP contribution in [0.4, 0.5) is 0 Å². The molecule has 0 unspecified atom stereocenters. The number of thiophene rings is 1. The van der Waals surface area contributed by atoms with Gasteiger partial charge in [-0.1, -0.05) is 148 Å². The Morgan fingerprint density at radius 1 is 0.768 bits per heavy atom. The van der Waals surface area contributed by atoms with Gasteiger partial charge in [-0.3, -0.25) is 9.78 Å². The zero-order valence-corrected chi connectivity index (χ0v) is 40.9. The van der Waals surface area contributed by atoms with Crippen molar-refractivity contribution in [2.45, 2.75) is 140 Å². The Labute approximate surface area is 358 Å². The SMILES string of the molecule is CCC(CC)C(=O)/C=C(\O)C(CC)CC.Cc1c([Si](CC(C)C)(CC(C)C)CC(C)C)ccc2c1sc1c(-c3[c-]c4ccccc4c(C(C)C)c3)nccc12.[Ir]. The number of benzene rings is 3. The largest absolute Gasteiger partial charge is 0.512 e. The molecule has 0 aliphatic rings. The summed E-state index contributed by atoms with van der Waals surface area (Å²) < 4.78 is 2.75. The van der Waals surface area contributed by atoms with E-state index in [1.807, 2.05) is 45.2 Å². The van der Waals surface area contributed by atoms with Gasteiger partial charge in [0.15, 0.2) is 5.78 Å². The third-order valence-electron chi connectivity index (χ3n) is 11.5. The van der Waals surface area contributed by atoms with Gasteiger partial charge in [0.25, 0.3) is 0 Å². The number of nitrogens with zero attached hydrogens (tertiary/aromatic N) is 1. The van der Waals surface area contributed by atoms with Gasteiger partial charge in [0.1, 0.15) is 0 Å². The summed E-state index contributed by atoms with van der Waals surface area (Å²) in [5, 5.41) is 16.7. The van der Waals surface area contributed by atoms with Crippen LogP contribution in [0.2, 0.25) is 18.1 Å². The molecule has 0 bridgehead atoms. The third kappa shape index (κ3) is 11.1. The number of carbonyl (C=O) groups excluding carboxylic acids is 1. The minimum absolute atomic E-state index is 0. The van der Waals surface area contributed by atoms with E-state index >= 15 is 0 Å². The summed E-state index contributed by atoms with van der Waals surface area (Å²) in [5.41, 5.74) is 5.08. The Morgan fingerprint density at radius 3 is 1.86 bits per heavy atom. The number of rotatable bonds is 16. The summed E-state index contributed by atoms with van der Waals surface area (Å²) in [6, 6.07) is 26.1. The van der Waals surface area contributed by atoms with Crippen LogP contribution < -0.4 is 5.19 Å². The first kappa shape index (κ1) is 47.7. The van der Waals surface area contributed by atoms with Crippen molar-refractivity contribution in [3.63, 3.8) is 0 Å². The van der Waals surface area contributed by atoms with E-state index in [0.717, 1.165) is 54.7 Å². The second-order valence-corrected chi connectivity index (χ2v) is 23.0. The molecule has 1 N–H and O–H groups in total. The van der Waals surface area contributed by atoms with Gasteiger partial charge in [-0.05, 0) is 73.3 Å². The summed E-state index contributed by atoms with van der Waals surface area (Å²) in [5.74, 6) is 3.14. The van der Waals surface area contributed by atoms with Crippen LogP contribution in [0.5, 0.6) is 0 Å². The summed E-state index contributed by atoms with van der Waals surface area (Å²) in [4.78, 5) is 16.7. The molecule has 56 heavy (non-hydrogen) atoms. The predicted octanol–water partition coefficient (Wildman–Crippen LogP) is 15.0. The van der Waals surface area contributed by atoms with Crippen molar-refractivity contribution in [2.24, 2.45) is 29.6 Å². The number of fused-ring (bicyclic) bond motifs is 4. The number of allylic oxidation sites excluding steroid dienone is 2. The summed E-state index contributed by atoms with van der Waals surface area (Å²) in [6.45, 7) is 29.6. The summed E-state index contributed by atoms with van der Waals surface area (Å²) >= 11 is 1.96. The first-order chi connectivity index (χ1) is 26.1. The minimum Gasteiger partial charge on any atom is -0.512 e. The minimum atomic E-state index is -1.71. The molecule has 0 spiro atoms. The third-order valence-corrected chi connectivity index (χ3v) is 19.4. The van der Waals surface area contributed by atoms with Crippen LogP contribution in [0.25, 0.3) is 42.2 Å². The van der Waals surface area contributed by atoms with E-state index in [0.29, 0.717) is 5.92 Å². The van der Waals surface area contributed by atoms with E-state index in [2.05, 4.69) is 117 Å². The van der Waals surface area contributed by atoms with Crippen molar-refractivity contribution in [1.82, 2.24) is 4.98 Å². The molecule has 0 fully saturated rings. The maximum Gasteiger partial charge on any atom is 0.162 e. The van der Waals surface area contributed by atoms with Crippen LogP contribution in [-0.2, 0) is 24.9 Å². The molecule has 5 aromatic rings. The van der Waals surface area contributed by atoms with Crippen LogP contribution in [-0.4, -0.2) is 23.9 Å². The zero-order chi connectivity index (χ0) is 40.6. The van der Waals surface area contributed by atoms with E-state index in [-0.39, 0.29) is 43.5 Å². The number of hydrogen-bond donors (Lipinski definition) is 1. The molecular weight excluding hydrogens is 899 g/mol. The quantitative estimate of drug-likeness (QED) is 0.0464. The van der Waals surface area contributed by atoms with Crippen LogP contribution in [0.3, 0.4) is 0 Å². The number of aryl methyl sites for hydroxylation is 1. The molecule has 0 atom stereocenters. The van der Waals surface area contributed by atoms with Gasteiger partial charge in [0.05, 0.1) is 13.8 Å². The number of carbonyl (C=O) groups is 1. The summed E-state index contributed by atoms with van der Waals surface area (Å²) in [7, 11) is -1.71. The first-order valence-electron chi connectivity index (χ1n) is 21.3. The normalized spacial score (nSPS) is 12.5. The fourth-order valence-electron chi connectivity index (χ4n) is 9.23. The van der Waals surface area contributed by atoms with Gasteiger partial charge < -0.3 is 5.11 Å². The Balaban J connectivity index is 0.000000448. The molecule has 1 radical (unpaired) electrons. The second kappa shape index (κ2) is 21.4. The van der Waals surface area contributed by atoms with Crippen molar-refractivity contribution in [3.05, 3.63) is 83.8 Å². The number of pyridine rings is 1. The molecule has 5 rings (SSSR count). The summed E-state index contributed by atoms with van der Waals surface area (Å²) in [6.07, 6.45) is 6.91. The Bertz CT molecular complexity index is 2040. The van der Waals surface area contributed by atoms with E-state index in [9.17, 15) is 9.90 Å². The maximum atomic E-state index is 11.7. The molecule has 3 nitrogen and oxygen atoms in total. The molecule has 307 valence electrons. The Hall–Kier alpha value is -2.63. The van der Waals surface area contributed by atoms with Gasteiger partial charge in [-0.25, -0.2) is 0 Å². The van der Waals surface area contributed by atoms with Crippen LogP contribution >= 0.6 is 11.3 Å². The average molecular weight is 969 g/mol. The number of hydrogen-bond acceptors (Lipinski definition) is 4. The molecule has 2 aromatic heterocycles. The number of aliphatic hydroxyl groups excluding tert-OH is 1. The molecule has 0 saturated heterocycles. The van der Waals surface area contributed by atoms with E-state index in [1.54, 1.807) is 5.19 Å². The molecule has 3 aromatic carbocycles. The smallest absolute Gasteiger partial charge is 0.162 e. The van der Waals surface area contributed by atoms with E-state index < -0.39 is 8.07 Å². The number of aromatic nitrogens is 1. The standard InChI is InChI=1S/C37H46NSSi.C13H24O2.Ir/c1-23(2)20-40(21-24(3)4,22-25(5)6)34-15-14-31-32-16-17-38-35(37(32)39-36(31)27(34)9)29-18-28-12-10-11-13-30(28)33(19-29)26(7)8;1-5-10(6-2)12(14)9-13(15)11(7-3)8-4;/h10-17,19,23-26H,20-22H2,1-9H3;9-11,14H,5-8H2,1-4H3;/q-1;;/b;12-9-;. The van der Waals surface area contributed by atoms with Crippen molar-refractivity contribution < 1.29 is 30.0 Å².